The zero-order valence-electron chi connectivity index (χ0n) is 16.9. The van der Waals surface area contributed by atoms with Crippen LogP contribution in [-0.4, -0.2) is 12.4 Å². The Bertz CT molecular complexity index is 999. The predicted octanol–water partition coefficient (Wildman–Crippen LogP) is 5.15. The minimum Gasteiger partial charge on any atom is -0.493 e. The summed E-state index contributed by atoms with van der Waals surface area (Å²) in [5, 5.41) is 0.869. The quantitative estimate of drug-likeness (QED) is 0.546. The molecule has 2 aromatic rings. The van der Waals surface area contributed by atoms with Gasteiger partial charge in [0.15, 0.2) is 0 Å². The van der Waals surface area contributed by atoms with Gasteiger partial charge in [-0.1, -0.05) is 32.9 Å². The molecule has 4 rings (SSSR count). The monoisotopic (exact) mass is 380 g/mol. The minimum absolute atomic E-state index is 0.0101. The lowest BCUT2D eigenvalue weighted by Crippen LogP contribution is -2.54. The van der Waals surface area contributed by atoms with Gasteiger partial charge in [0.05, 0.1) is 6.61 Å². The van der Waals surface area contributed by atoms with Gasteiger partial charge in [-0.3, -0.25) is 4.79 Å². The smallest absolute Gasteiger partial charge is 0.336 e. The van der Waals surface area contributed by atoms with Gasteiger partial charge in [0.1, 0.15) is 17.1 Å². The number of carbonyl (C=O) groups excluding carboxylic acids is 1. The number of fused-ring (bicyclic) bond motifs is 2. The largest absolute Gasteiger partial charge is 0.493 e. The Hall–Kier alpha value is -2.36. The second-order valence-corrected chi connectivity index (χ2v) is 9.22. The molecule has 28 heavy (non-hydrogen) atoms. The van der Waals surface area contributed by atoms with Crippen LogP contribution in [0.5, 0.6) is 5.75 Å². The van der Waals surface area contributed by atoms with Crippen molar-refractivity contribution in [1.29, 1.82) is 0 Å². The Morgan fingerprint density at radius 2 is 1.89 bits per heavy atom. The van der Waals surface area contributed by atoms with E-state index in [9.17, 15) is 9.59 Å². The second kappa shape index (κ2) is 6.61. The van der Waals surface area contributed by atoms with Crippen molar-refractivity contribution in [2.75, 3.05) is 6.61 Å². The van der Waals surface area contributed by atoms with E-state index in [1.807, 2.05) is 12.1 Å². The second-order valence-electron chi connectivity index (χ2n) is 9.22. The number of ketones is 1. The first-order valence-electron chi connectivity index (χ1n) is 10.1. The Kier molecular flexibility index (Phi) is 4.48. The van der Waals surface area contributed by atoms with Gasteiger partial charge >= 0.3 is 5.63 Å². The van der Waals surface area contributed by atoms with Crippen molar-refractivity contribution in [3.63, 3.8) is 0 Å². The number of hydrogen-bond acceptors (Lipinski definition) is 4. The molecular formula is C24H28O4. The van der Waals surface area contributed by atoms with Crippen molar-refractivity contribution >= 4 is 16.8 Å². The number of rotatable bonds is 3. The number of ether oxygens (including phenoxy) is 1. The summed E-state index contributed by atoms with van der Waals surface area (Å²) >= 11 is 0. The maximum absolute atomic E-state index is 12.5. The van der Waals surface area contributed by atoms with E-state index in [1.165, 1.54) is 11.6 Å². The molecule has 0 bridgehead atoms. The molecule has 2 aliphatic rings. The molecule has 2 aliphatic carbocycles. The first-order valence-corrected chi connectivity index (χ1v) is 10.1. The Balaban J connectivity index is 1.59. The fourth-order valence-corrected chi connectivity index (χ4v) is 5.59. The highest BCUT2D eigenvalue weighted by Crippen LogP contribution is 2.59. The number of Topliss-reactive ketones (excluding diaryl/α,β-unsaturated/α-hetero) is 1. The van der Waals surface area contributed by atoms with E-state index in [0.29, 0.717) is 36.1 Å². The van der Waals surface area contributed by atoms with Gasteiger partial charge in [-0.05, 0) is 48.8 Å². The van der Waals surface area contributed by atoms with Crippen molar-refractivity contribution in [3.8, 4) is 5.75 Å². The van der Waals surface area contributed by atoms with Crippen LogP contribution < -0.4 is 10.4 Å². The maximum Gasteiger partial charge on any atom is 0.336 e. The molecule has 1 aromatic heterocycles. The number of carbonyl (C=O) groups is 1. The molecule has 4 nitrogen and oxygen atoms in total. The average molecular weight is 380 g/mol. The zero-order valence-corrected chi connectivity index (χ0v) is 16.9. The van der Waals surface area contributed by atoms with Crippen LogP contribution >= 0.6 is 0 Å². The summed E-state index contributed by atoms with van der Waals surface area (Å²) in [5.74, 6) is 1.62. The van der Waals surface area contributed by atoms with Crippen LogP contribution in [0.1, 0.15) is 46.5 Å². The molecule has 0 spiro atoms. The van der Waals surface area contributed by atoms with E-state index in [0.717, 1.165) is 24.6 Å². The first kappa shape index (κ1) is 19.0. The van der Waals surface area contributed by atoms with Crippen molar-refractivity contribution in [3.05, 3.63) is 52.9 Å². The fraction of sp³-hybridized carbons (Fsp3) is 0.500. The zero-order chi connectivity index (χ0) is 20.1. The molecule has 3 atom stereocenters. The lowest BCUT2D eigenvalue weighted by atomic mass is 9.47. The van der Waals surface area contributed by atoms with Crippen molar-refractivity contribution in [1.82, 2.24) is 0 Å². The third-order valence-corrected chi connectivity index (χ3v) is 7.33. The molecule has 2 fully saturated rings. The van der Waals surface area contributed by atoms with Crippen LogP contribution in [-0.2, 0) is 4.79 Å². The van der Waals surface area contributed by atoms with Gasteiger partial charge in [0.2, 0.25) is 0 Å². The van der Waals surface area contributed by atoms with Crippen molar-refractivity contribution in [2.45, 2.75) is 46.5 Å². The summed E-state index contributed by atoms with van der Waals surface area (Å²) in [5.41, 5.74) is 1.10. The van der Waals surface area contributed by atoms with Crippen LogP contribution in [0.4, 0.5) is 0 Å². The average Bonchev–Trinajstić information content (AvgIpc) is 2.64. The molecule has 2 saturated carbocycles. The predicted molar refractivity (Wildman–Crippen MR) is 109 cm³/mol. The summed E-state index contributed by atoms with van der Waals surface area (Å²) in [6.45, 7) is 11.4. The molecule has 0 N–H and O–H groups in total. The van der Waals surface area contributed by atoms with E-state index >= 15 is 0 Å². The van der Waals surface area contributed by atoms with Crippen LogP contribution in [0.15, 0.2) is 51.7 Å². The summed E-state index contributed by atoms with van der Waals surface area (Å²) in [6.07, 6.45) is 3.48. The highest BCUT2D eigenvalue weighted by atomic mass is 16.5. The van der Waals surface area contributed by atoms with Crippen molar-refractivity contribution < 1.29 is 13.9 Å². The lowest BCUT2D eigenvalue weighted by Gasteiger charge is -2.56. The van der Waals surface area contributed by atoms with E-state index in [1.54, 1.807) is 12.1 Å². The lowest BCUT2D eigenvalue weighted by molar-refractivity contribution is -0.145. The van der Waals surface area contributed by atoms with Gasteiger partial charge < -0.3 is 9.15 Å². The third kappa shape index (κ3) is 2.99. The fourth-order valence-electron chi connectivity index (χ4n) is 5.59. The number of benzene rings is 1. The third-order valence-electron chi connectivity index (χ3n) is 7.33. The highest BCUT2D eigenvalue weighted by Gasteiger charge is 2.56. The van der Waals surface area contributed by atoms with Gasteiger partial charge in [-0.2, -0.15) is 0 Å². The van der Waals surface area contributed by atoms with Crippen LogP contribution in [0, 0.1) is 22.7 Å². The van der Waals surface area contributed by atoms with E-state index in [-0.39, 0.29) is 22.4 Å². The van der Waals surface area contributed by atoms with Gasteiger partial charge in [-0.25, -0.2) is 4.79 Å². The van der Waals surface area contributed by atoms with Crippen LogP contribution in [0.2, 0.25) is 0 Å². The summed E-state index contributed by atoms with van der Waals surface area (Å²) < 4.78 is 11.4. The molecule has 0 radical (unpaired) electrons. The van der Waals surface area contributed by atoms with Gasteiger partial charge in [0, 0.05) is 35.3 Å². The molecular weight excluding hydrogens is 352 g/mol. The summed E-state index contributed by atoms with van der Waals surface area (Å²) in [6, 6.07) is 8.75. The molecule has 1 heterocycles. The van der Waals surface area contributed by atoms with Crippen molar-refractivity contribution in [2.24, 2.45) is 22.7 Å². The normalized spacial score (nSPS) is 29.5. The Morgan fingerprint density at radius 3 is 2.68 bits per heavy atom. The van der Waals surface area contributed by atoms with E-state index in [4.69, 9.17) is 9.15 Å². The molecule has 0 unspecified atom stereocenters. The summed E-state index contributed by atoms with van der Waals surface area (Å²) in [7, 11) is 0. The molecule has 4 heteroatoms. The maximum atomic E-state index is 12.5. The topological polar surface area (TPSA) is 56.5 Å². The Labute approximate surface area is 165 Å². The van der Waals surface area contributed by atoms with Gasteiger partial charge in [-0.15, -0.1) is 0 Å². The first-order chi connectivity index (χ1) is 13.2. The molecule has 0 aliphatic heterocycles. The van der Waals surface area contributed by atoms with Crippen LogP contribution in [0.3, 0.4) is 0 Å². The van der Waals surface area contributed by atoms with Gasteiger partial charge in [0.25, 0.3) is 0 Å². The minimum atomic E-state index is -0.366. The van der Waals surface area contributed by atoms with E-state index < -0.39 is 0 Å². The number of hydrogen-bond donors (Lipinski definition) is 0. The molecule has 0 amide bonds. The SMILES string of the molecule is C=C1CC[C@@H]2C(C)(C)C(=O)CC[C@@]2(C)[C@@H]1COc1ccc2ccc(=O)oc2c1. The highest BCUT2D eigenvalue weighted by molar-refractivity contribution is 5.85. The summed E-state index contributed by atoms with van der Waals surface area (Å²) in [4.78, 5) is 24.0. The van der Waals surface area contributed by atoms with Crippen LogP contribution in [0.25, 0.3) is 11.0 Å². The molecule has 1 aromatic carbocycles. The molecule has 0 saturated heterocycles. The Morgan fingerprint density at radius 1 is 1.14 bits per heavy atom. The van der Waals surface area contributed by atoms with E-state index in [2.05, 4.69) is 27.4 Å². The molecule has 148 valence electrons. The standard InChI is InChI=1S/C24H28O4/c1-15-5-9-20-23(2,3)21(25)11-12-24(20,4)18(15)14-27-17-8-6-16-7-10-22(26)28-19(16)13-17/h6-8,10,13,18,20H,1,5,9,11-12,14H2,2-4H3/t18-,20-,24+/m1/s1.